The highest BCUT2D eigenvalue weighted by atomic mass is 19.1. The van der Waals surface area contributed by atoms with Crippen molar-refractivity contribution in [3.05, 3.63) is 47.5 Å². The highest BCUT2D eigenvalue weighted by Crippen LogP contribution is 2.20. The molecule has 0 bridgehead atoms. The van der Waals surface area contributed by atoms with Gasteiger partial charge in [0.25, 0.3) is 0 Å². The molecular weight excluding hydrogens is 253 g/mol. The summed E-state index contributed by atoms with van der Waals surface area (Å²) in [6.07, 6.45) is 3.44. The van der Waals surface area contributed by atoms with Crippen molar-refractivity contribution in [3.63, 3.8) is 0 Å². The standard InChI is InChI=1S/C16H22FN3/c1-4-14(18)10-12-9-13(17)5-6-16(12)20-8-7-15(19-20)11(2)3/h5-9,11,14H,4,10,18H2,1-3H3. The average Bonchev–Trinajstić information content (AvgIpc) is 2.88. The maximum atomic E-state index is 13.5. The van der Waals surface area contributed by atoms with E-state index in [1.807, 2.05) is 23.9 Å². The van der Waals surface area contributed by atoms with Crippen LogP contribution >= 0.6 is 0 Å². The van der Waals surface area contributed by atoms with Crippen LogP contribution in [-0.2, 0) is 6.42 Å². The molecule has 0 radical (unpaired) electrons. The van der Waals surface area contributed by atoms with E-state index in [0.717, 1.165) is 23.4 Å². The van der Waals surface area contributed by atoms with E-state index in [1.54, 1.807) is 12.1 Å². The van der Waals surface area contributed by atoms with Crippen molar-refractivity contribution in [1.82, 2.24) is 9.78 Å². The fourth-order valence-electron chi connectivity index (χ4n) is 2.15. The number of rotatable bonds is 5. The predicted octanol–water partition coefficient (Wildman–Crippen LogP) is 3.41. The lowest BCUT2D eigenvalue weighted by molar-refractivity contribution is 0.611. The number of nitrogens with zero attached hydrogens (tertiary/aromatic N) is 2. The molecule has 1 heterocycles. The van der Waals surface area contributed by atoms with Crippen LogP contribution in [0.3, 0.4) is 0 Å². The summed E-state index contributed by atoms with van der Waals surface area (Å²) >= 11 is 0. The zero-order valence-electron chi connectivity index (χ0n) is 12.3. The van der Waals surface area contributed by atoms with Gasteiger partial charge in [0.2, 0.25) is 0 Å². The van der Waals surface area contributed by atoms with Crippen LogP contribution in [0.2, 0.25) is 0 Å². The zero-order valence-corrected chi connectivity index (χ0v) is 12.3. The molecule has 0 aliphatic heterocycles. The number of benzene rings is 1. The molecule has 0 amide bonds. The van der Waals surface area contributed by atoms with Crippen molar-refractivity contribution in [1.29, 1.82) is 0 Å². The molecule has 0 saturated heterocycles. The van der Waals surface area contributed by atoms with Gasteiger partial charge in [0, 0.05) is 12.2 Å². The molecular formula is C16H22FN3. The highest BCUT2D eigenvalue weighted by molar-refractivity contribution is 5.41. The SMILES string of the molecule is CCC(N)Cc1cc(F)ccc1-n1ccc(C(C)C)n1. The van der Waals surface area contributed by atoms with Gasteiger partial charge < -0.3 is 5.73 Å². The van der Waals surface area contributed by atoms with E-state index >= 15 is 0 Å². The van der Waals surface area contributed by atoms with Gasteiger partial charge in [0.1, 0.15) is 5.82 Å². The predicted molar refractivity (Wildman–Crippen MR) is 79.6 cm³/mol. The van der Waals surface area contributed by atoms with Crippen molar-refractivity contribution in [2.45, 2.75) is 45.6 Å². The molecule has 108 valence electrons. The molecule has 0 saturated carbocycles. The molecule has 2 N–H and O–H groups in total. The molecule has 1 atom stereocenters. The third-order valence-corrected chi connectivity index (χ3v) is 3.50. The van der Waals surface area contributed by atoms with Gasteiger partial charge in [0.05, 0.1) is 11.4 Å². The van der Waals surface area contributed by atoms with Crippen LogP contribution < -0.4 is 5.73 Å². The van der Waals surface area contributed by atoms with Crippen molar-refractivity contribution >= 4 is 0 Å². The van der Waals surface area contributed by atoms with E-state index in [-0.39, 0.29) is 11.9 Å². The summed E-state index contributed by atoms with van der Waals surface area (Å²) < 4.78 is 15.3. The quantitative estimate of drug-likeness (QED) is 0.908. The third-order valence-electron chi connectivity index (χ3n) is 3.50. The molecule has 2 rings (SSSR count). The number of aromatic nitrogens is 2. The van der Waals surface area contributed by atoms with Crippen molar-refractivity contribution < 1.29 is 4.39 Å². The zero-order chi connectivity index (χ0) is 14.7. The minimum absolute atomic E-state index is 0.0377. The monoisotopic (exact) mass is 275 g/mol. The maximum Gasteiger partial charge on any atom is 0.123 e. The minimum atomic E-state index is -0.233. The highest BCUT2D eigenvalue weighted by Gasteiger charge is 2.12. The number of hydrogen-bond acceptors (Lipinski definition) is 2. The maximum absolute atomic E-state index is 13.5. The molecule has 0 fully saturated rings. The van der Waals surface area contributed by atoms with E-state index in [9.17, 15) is 4.39 Å². The molecule has 1 aromatic heterocycles. The first kappa shape index (κ1) is 14.7. The summed E-state index contributed by atoms with van der Waals surface area (Å²) in [7, 11) is 0. The van der Waals surface area contributed by atoms with Gasteiger partial charge in [-0.25, -0.2) is 9.07 Å². The van der Waals surface area contributed by atoms with Crippen LogP contribution in [0.25, 0.3) is 5.69 Å². The van der Waals surface area contributed by atoms with Crippen molar-refractivity contribution in [3.8, 4) is 5.69 Å². The largest absolute Gasteiger partial charge is 0.327 e. The summed E-state index contributed by atoms with van der Waals surface area (Å²) in [5.41, 5.74) is 8.84. The van der Waals surface area contributed by atoms with Gasteiger partial charge in [0.15, 0.2) is 0 Å². The van der Waals surface area contributed by atoms with E-state index < -0.39 is 0 Å². The topological polar surface area (TPSA) is 43.8 Å². The van der Waals surface area contributed by atoms with Crippen LogP contribution in [0.4, 0.5) is 4.39 Å². The molecule has 0 spiro atoms. The van der Waals surface area contributed by atoms with Gasteiger partial charge in [-0.15, -0.1) is 0 Å². The van der Waals surface area contributed by atoms with Crippen LogP contribution in [0.1, 0.15) is 44.4 Å². The van der Waals surface area contributed by atoms with E-state index in [0.29, 0.717) is 12.3 Å². The molecule has 0 aliphatic rings. The second-order valence-electron chi connectivity index (χ2n) is 5.49. The molecule has 1 aromatic carbocycles. The molecule has 4 heteroatoms. The van der Waals surface area contributed by atoms with Crippen LogP contribution in [-0.4, -0.2) is 15.8 Å². The fourth-order valence-corrected chi connectivity index (χ4v) is 2.15. The van der Waals surface area contributed by atoms with E-state index in [2.05, 4.69) is 18.9 Å². The second-order valence-corrected chi connectivity index (χ2v) is 5.49. The Bertz CT molecular complexity index is 575. The summed E-state index contributed by atoms with van der Waals surface area (Å²) in [5.74, 6) is 0.140. The summed E-state index contributed by atoms with van der Waals surface area (Å²) in [5, 5.41) is 4.56. The lowest BCUT2D eigenvalue weighted by Crippen LogP contribution is -2.22. The first-order chi connectivity index (χ1) is 9.51. The second kappa shape index (κ2) is 6.18. The molecule has 20 heavy (non-hydrogen) atoms. The van der Waals surface area contributed by atoms with Crippen LogP contribution in [0.5, 0.6) is 0 Å². The lowest BCUT2D eigenvalue weighted by atomic mass is 10.0. The Hall–Kier alpha value is -1.68. The first-order valence-corrected chi connectivity index (χ1v) is 7.11. The van der Waals surface area contributed by atoms with Gasteiger partial charge in [-0.3, -0.25) is 0 Å². The van der Waals surface area contributed by atoms with Crippen LogP contribution in [0, 0.1) is 5.82 Å². The van der Waals surface area contributed by atoms with E-state index in [1.165, 1.54) is 6.07 Å². The lowest BCUT2D eigenvalue weighted by Gasteiger charge is -2.13. The minimum Gasteiger partial charge on any atom is -0.327 e. The fraction of sp³-hybridized carbons (Fsp3) is 0.438. The number of nitrogens with two attached hydrogens (primary N) is 1. The average molecular weight is 275 g/mol. The summed E-state index contributed by atoms with van der Waals surface area (Å²) in [4.78, 5) is 0. The summed E-state index contributed by atoms with van der Waals surface area (Å²) in [6, 6.07) is 6.83. The molecule has 0 aliphatic carbocycles. The van der Waals surface area contributed by atoms with Crippen molar-refractivity contribution in [2.24, 2.45) is 5.73 Å². The van der Waals surface area contributed by atoms with Gasteiger partial charge in [-0.05, 0) is 48.6 Å². The van der Waals surface area contributed by atoms with Gasteiger partial charge in [-0.1, -0.05) is 20.8 Å². The molecule has 1 unspecified atom stereocenters. The Labute approximate surface area is 119 Å². The van der Waals surface area contributed by atoms with Gasteiger partial charge >= 0.3 is 0 Å². The number of hydrogen-bond donors (Lipinski definition) is 1. The summed E-state index contributed by atoms with van der Waals surface area (Å²) in [6.45, 7) is 6.24. The Balaban J connectivity index is 2.38. The van der Waals surface area contributed by atoms with Gasteiger partial charge in [-0.2, -0.15) is 5.10 Å². The molecule has 2 aromatic rings. The van der Waals surface area contributed by atoms with Crippen molar-refractivity contribution in [2.75, 3.05) is 0 Å². The Morgan fingerprint density at radius 2 is 2.05 bits per heavy atom. The Morgan fingerprint density at radius 1 is 1.30 bits per heavy atom. The Morgan fingerprint density at radius 3 is 2.65 bits per heavy atom. The smallest absolute Gasteiger partial charge is 0.123 e. The first-order valence-electron chi connectivity index (χ1n) is 7.11. The van der Waals surface area contributed by atoms with Crippen LogP contribution in [0.15, 0.2) is 30.5 Å². The normalized spacial score (nSPS) is 12.9. The van der Waals surface area contributed by atoms with E-state index in [4.69, 9.17) is 5.73 Å². The third kappa shape index (κ3) is 3.25. The molecule has 3 nitrogen and oxygen atoms in total. The number of halogens is 1. The Kier molecular flexibility index (Phi) is 4.55.